The van der Waals surface area contributed by atoms with Gasteiger partial charge in [-0.3, -0.25) is 23.5 Å². The molecule has 1 saturated carbocycles. The average molecular weight is 488 g/mol. The van der Waals surface area contributed by atoms with Gasteiger partial charge < -0.3 is 10.6 Å². The molecule has 34 heavy (non-hydrogen) atoms. The van der Waals surface area contributed by atoms with Gasteiger partial charge in [0.05, 0.1) is 0 Å². The fraction of sp³-hybridized carbons (Fsp3) is 0.400. The Labute approximate surface area is 201 Å². The molecule has 1 aliphatic carbocycles. The van der Waals surface area contributed by atoms with Crippen LogP contribution < -0.4 is 15.5 Å². The van der Waals surface area contributed by atoms with Gasteiger partial charge in [-0.2, -0.15) is 0 Å². The molecule has 3 amide bonds. The summed E-state index contributed by atoms with van der Waals surface area (Å²) in [7, 11) is -1.80. The summed E-state index contributed by atoms with van der Waals surface area (Å²) < 4.78 is 25.6. The van der Waals surface area contributed by atoms with Crippen LogP contribution >= 0.6 is 0 Å². The highest BCUT2D eigenvalue weighted by molar-refractivity contribution is 7.86. The van der Waals surface area contributed by atoms with E-state index in [9.17, 15) is 23.0 Å². The monoisotopic (exact) mass is 487 g/mol. The van der Waals surface area contributed by atoms with Crippen LogP contribution in [0, 0.1) is 5.82 Å². The summed E-state index contributed by atoms with van der Waals surface area (Å²) in [5.74, 6) is -2.56. The van der Waals surface area contributed by atoms with Crippen molar-refractivity contribution in [2.24, 2.45) is 0 Å². The van der Waals surface area contributed by atoms with Gasteiger partial charge in [-0.25, -0.2) is 4.39 Å². The number of anilines is 2. The van der Waals surface area contributed by atoms with E-state index in [0.717, 1.165) is 32.1 Å². The molecule has 0 radical (unpaired) electrons. The standard InChI is InChI=1S/C25H30FN3O4S/c1-18(25(32)28-20-8-4-2-5-9-20)29(22-10-6-3-7-11-22)24(31)17-34(33)16-23(30)27-21-14-12-19(26)13-15-21/h3,6-7,10-15,18,20H,2,4-5,8-9,16-17H2,1H3,(H,27,30)(H,28,32). The molecular formula is C25H30FN3O4S. The Kier molecular flexibility index (Phi) is 9.33. The van der Waals surface area contributed by atoms with E-state index in [2.05, 4.69) is 10.6 Å². The summed E-state index contributed by atoms with van der Waals surface area (Å²) in [4.78, 5) is 39.6. The first-order valence-electron chi connectivity index (χ1n) is 11.4. The van der Waals surface area contributed by atoms with Gasteiger partial charge in [0, 0.05) is 28.2 Å². The second-order valence-corrected chi connectivity index (χ2v) is 9.86. The molecule has 2 unspecified atom stereocenters. The Morgan fingerprint density at radius 2 is 1.65 bits per heavy atom. The van der Waals surface area contributed by atoms with E-state index in [1.165, 1.54) is 29.2 Å². The Morgan fingerprint density at radius 3 is 2.29 bits per heavy atom. The van der Waals surface area contributed by atoms with Crippen molar-refractivity contribution in [2.45, 2.75) is 51.1 Å². The number of carbonyl (C=O) groups is 3. The molecule has 182 valence electrons. The fourth-order valence-electron chi connectivity index (χ4n) is 3.99. The maximum atomic E-state index is 13.1. The molecule has 2 atom stereocenters. The highest BCUT2D eigenvalue weighted by atomic mass is 32.2. The Balaban J connectivity index is 1.63. The van der Waals surface area contributed by atoms with Crippen molar-refractivity contribution in [1.29, 1.82) is 0 Å². The summed E-state index contributed by atoms with van der Waals surface area (Å²) in [6.07, 6.45) is 5.15. The molecule has 3 rings (SSSR count). The number of hydrogen-bond donors (Lipinski definition) is 2. The maximum Gasteiger partial charge on any atom is 0.243 e. The van der Waals surface area contributed by atoms with Crippen molar-refractivity contribution < 1.29 is 23.0 Å². The third-order valence-corrected chi connectivity index (χ3v) is 6.88. The minimum absolute atomic E-state index is 0.0979. The van der Waals surface area contributed by atoms with Crippen LogP contribution in [0.25, 0.3) is 0 Å². The molecule has 2 N–H and O–H groups in total. The van der Waals surface area contributed by atoms with Crippen LogP contribution in [0.5, 0.6) is 0 Å². The quantitative estimate of drug-likeness (QED) is 0.567. The summed E-state index contributed by atoms with van der Waals surface area (Å²) >= 11 is 0. The van der Waals surface area contributed by atoms with Crippen molar-refractivity contribution in [3.05, 3.63) is 60.4 Å². The number of benzene rings is 2. The Hall–Kier alpha value is -3.07. The number of halogens is 1. The zero-order valence-corrected chi connectivity index (χ0v) is 20.0. The molecule has 9 heteroatoms. The fourth-order valence-corrected chi connectivity index (χ4v) is 4.87. The first kappa shape index (κ1) is 25.6. The minimum atomic E-state index is -1.80. The largest absolute Gasteiger partial charge is 0.352 e. The first-order valence-corrected chi connectivity index (χ1v) is 12.9. The molecule has 7 nitrogen and oxygen atoms in total. The zero-order chi connectivity index (χ0) is 24.5. The van der Waals surface area contributed by atoms with Crippen molar-refractivity contribution in [3.63, 3.8) is 0 Å². The molecule has 0 bridgehead atoms. The molecule has 0 aromatic heterocycles. The lowest BCUT2D eigenvalue weighted by atomic mass is 9.95. The van der Waals surface area contributed by atoms with E-state index in [-0.39, 0.29) is 11.9 Å². The van der Waals surface area contributed by atoms with E-state index < -0.39 is 46.0 Å². The molecule has 2 aromatic carbocycles. The van der Waals surface area contributed by atoms with Crippen molar-refractivity contribution in [1.82, 2.24) is 5.32 Å². The van der Waals surface area contributed by atoms with Crippen molar-refractivity contribution in [3.8, 4) is 0 Å². The molecule has 1 aliphatic rings. The van der Waals surface area contributed by atoms with Gasteiger partial charge in [-0.05, 0) is 56.2 Å². The number of hydrogen-bond acceptors (Lipinski definition) is 4. The third kappa shape index (κ3) is 7.48. The van der Waals surface area contributed by atoms with Crippen LogP contribution in [-0.4, -0.2) is 45.5 Å². The summed E-state index contributed by atoms with van der Waals surface area (Å²) in [6.45, 7) is 1.65. The van der Waals surface area contributed by atoms with Crippen LogP contribution in [0.1, 0.15) is 39.0 Å². The van der Waals surface area contributed by atoms with Crippen LogP contribution in [0.3, 0.4) is 0 Å². The lowest BCUT2D eigenvalue weighted by molar-refractivity contribution is -0.126. The molecular weight excluding hydrogens is 457 g/mol. The topological polar surface area (TPSA) is 95.6 Å². The van der Waals surface area contributed by atoms with Gasteiger partial charge in [0.1, 0.15) is 23.4 Å². The zero-order valence-electron chi connectivity index (χ0n) is 19.2. The van der Waals surface area contributed by atoms with E-state index in [1.807, 2.05) is 0 Å². The second kappa shape index (κ2) is 12.4. The van der Waals surface area contributed by atoms with Crippen LogP contribution in [0.2, 0.25) is 0 Å². The first-order chi connectivity index (χ1) is 16.3. The van der Waals surface area contributed by atoms with Crippen molar-refractivity contribution >= 4 is 39.9 Å². The lowest BCUT2D eigenvalue weighted by Crippen LogP contribution is -2.52. The number of para-hydroxylation sites is 1. The molecule has 0 spiro atoms. The summed E-state index contributed by atoms with van der Waals surface area (Å²) in [5.41, 5.74) is 0.889. The predicted octanol–water partition coefficient (Wildman–Crippen LogP) is 3.38. The summed E-state index contributed by atoms with van der Waals surface area (Å²) in [5, 5.41) is 5.57. The van der Waals surface area contributed by atoms with Gasteiger partial charge >= 0.3 is 0 Å². The van der Waals surface area contributed by atoms with E-state index in [1.54, 1.807) is 37.3 Å². The number of rotatable bonds is 9. The average Bonchev–Trinajstić information content (AvgIpc) is 2.81. The summed E-state index contributed by atoms with van der Waals surface area (Å²) in [6, 6.07) is 13.2. The Bertz CT molecular complexity index is 1010. The second-order valence-electron chi connectivity index (χ2n) is 8.40. The van der Waals surface area contributed by atoms with Crippen molar-refractivity contribution in [2.75, 3.05) is 21.7 Å². The predicted molar refractivity (Wildman–Crippen MR) is 131 cm³/mol. The van der Waals surface area contributed by atoms with Gasteiger partial charge in [0.2, 0.25) is 17.7 Å². The highest BCUT2D eigenvalue weighted by Crippen LogP contribution is 2.20. The molecule has 0 saturated heterocycles. The number of nitrogens with zero attached hydrogens (tertiary/aromatic N) is 1. The third-order valence-electron chi connectivity index (χ3n) is 5.73. The SMILES string of the molecule is CC(C(=O)NC1CCCCC1)N(C(=O)CS(=O)CC(=O)Nc1ccc(F)cc1)c1ccccc1. The van der Waals surface area contributed by atoms with E-state index in [4.69, 9.17) is 0 Å². The van der Waals surface area contributed by atoms with Crippen LogP contribution in [0.4, 0.5) is 15.8 Å². The van der Waals surface area contributed by atoms with Gasteiger partial charge in [-0.1, -0.05) is 37.5 Å². The number of nitrogens with one attached hydrogen (secondary N) is 2. The highest BCUT2D eigenvalue weighted by Gasteiger charge is 2.30. The number of carbonyl (C=O) groups excluding carboxylic acids is 3. The maximum absolute atomic E-state index is 13.1. The smallest absolute Gasteiger partial charge is 0.243 e. The van der Waals surface area contributed by atoms with Gasteiger partial charge in [0.25, 0.3) is 0 Å². The van der Waals surface area contributed by atoms with Crippen LogP contribution in [-0.2, 0) is 25.2 Å². The molecule has 0 heterocycles. The molecule has 2 aromatic rings. The van der Waals surface area contributed by atoms with Gasteiger partial charge in [-0.15, -0.1) is 0 Å². The lowest BCUT2D eigenvalue weighted by Gasteiger charge is -2.31. The van der Waals surface area contributed by atoms with E-state index in [0.29, 0.717) is 11.4 Å². The molecule has 1 fully saturated rings. The van der Waals surface area contributed by atoms with E-state index >= 15 is 0 Å². The number of amides is 3. The normalized spacial score (nSPS) is 15.7. The van der Waals surface area contributed by atoms with Crippen LogP contribution in [0.15, 0.2) is 54.6 Å². The Morgan fingerprint density at radius 1 is 1.00 bits per heavy atom. The van der Waals surface area contributed by atoms with Gasteiger partial charge in [0.15, 0.2) is 0 Å². The molecule has 0 aliphatic heterocycles. The minimum Gasteiger partial charge on any atom is -0.352 e.